The molecule has 0 amide bonds. The predicted octanol–water partition coefficient (Wildman–Crippen LogP) is 1.73. The maximum absolute atomic E-state index is 5.27. The van der Waals surface area contributed by atoms with E-state index in [1.807, 2.05) is 0 Å². The number of hydrogen-bond acceptors (Lipinski definition) is 3. The van der Waals surface area contributed by atoms with Crippen molar-refractivity contribution in [2.24, 2.45) is 5.92 Å². The Kier molecular flexibility index (Phi) is 6.32. The lowest BCUT2D eigenvalue weighted by Crippen LogP contribution is -2.46. The first-order chi connectivity index (χ1) is 7.65. The quantitative estimate of drug-likeness (QED) is 0.749. The van der Waals surface area contributed by atoms with Gasteiger partial charge >= 0.3 is 0 Å². The first-order valence-corrected chi connectivity index (χ1v) is 6.60. The second-order valence-corrected chi connectivity index (χ2v) is 5.31. The van der Waals surface area contributed by atoms with Crippen LogP contribution in [0.15, 0.2) is 0 Å². The van der Waals surface area contributed by atoms with Crippen LogP contribution in [0, 0.1) is 5.92 Å². The van der Waals surface area contributed by atoms with Gasteiger partial charge in [0.2, 0.25) is 0 Å². The van der Waals surface area contributed by atoms with E-state index in [0.29, 0.717) is 12.1 Å². The van der Waals surface area contributed by atoms with E-state index in [9.17, 15) is 0 Å². The number of ether oxygens (including phenoxy) is 1. The Labute approximate surface area is 101 Å². The number of rotatable bonds is 6. The van der Waals surface area contributed by atoms with Gasteiger partial charge in [0.1, 0.15) is 0 Å². The van der Waals surface area contributed by atoms with Crippen LogP contribution in [-0.2, 0) is 4.74 Å². The highest BCUT2D eigenvalue weighted by atomic mass is 16.5. The number of nitrogens with zero attached hydrogens (tertiary/aromatic N) is 1. The average molecular weight is 228 g/mol. The molecule has 3 heteroatoms. The van der Waals surface area contributed by atoms with Crippen molar-refractivity contribution in [2.45, 2.75) is 45.7 Å². The van der Waals surface area contributed by atoms with Crippen LogP contribution in [0.1, 0.15) is 33.6 Å². The largest absolute Gasteiger partial charge is 0.383 e. The van der Waals surface area contributed by atoms with E-state index in [-0.39, 0.29) is 0 Å². The van der Waals surface area contributed by atoms with Gasteiger partial charge in [0.25, 0.3) is 0 Å². The second kappa shape index (κ2) is 7.25. The molecule has 0 spiro atoms. The lowest BCUT2D eigenvalue weighted by atomic mass is 9.98. The highest BCUT2D eigenvalue weighted by Gasteiger charge is 2.22. The summed E-state index contributed by atoms with van der Waals surface area (Å²) < 4.78 is 5.27. The molecule has 1 aliphatic heterocycles. The first kappa shape index (κ1) is 13.9. The van der Waals surface area contributed by atoms with Crippen molar-refractivity contribution in [2.75, 3.05) is 33.4 Å². The van der Waals surface area contributed by atoms with Gasteiger partial charge in [-0.25, -0.2) is 0 Å². The van der Waals surface area contributed by atoms with Crippen molar-refractivity contribution in [3.63, 3.8) is 0 Å². The van der Waals surface area contributed by atoms with E-state index in [2.05, 4.69) is 31.0 Å². The highest BCUT2D eigenvalue weighted by molar-refractivity contribution is 4.78. The molecule has 0 radical (unpaired) electrons. The van der Waals surface area contributed by atoms with E-state index >= 15 is 0 Å². The molecule has 1 saturated heterocycles. The summed E-state index contributed by atoms with van der Waals surface area (Å²) >= 11 is 0. The van der Waals surface area contributed by atoms with Crippen molar-refractivity contribution in [3.05, 3.63) is 0 Å². The molecule has 1 rings (SSSR count). The second-order valence-electron chi connectivity index (χ2n) is 5.31. The molecule has 1 N–H and O–H groups in total. The molecule has 0 bridgehead atoms. The third kappa shape index (κ3) is 4.40. The summed E-state index contributed by atoms with van der Waals surface area (Å²) in [6.07, 6.45) is 2.70. The van der Waals surface area contributed by atoms with Crippen molar-refractivity contribution in [3.8, 4) is 0 Å². The van der Waals surface area contributed by atoms with Crippen LogP contribution in [0.2, 0.25) is 0 Å². The van der Waals surface area contributed by atoms with E-state index in [1.54, 1.807) is 7.11 Å². The summed E-state index contributed by atoms with van der Waals surface area (Å²) in [5.41, 5.74) is 0. The fourth-order valence-electron chi connectivity index (χ4n) is 2.61. The predicted molar refractivity (Wildman–Crippen MR) is 68.8 cm³/mol. The van der Waals surface area contributed by atoms with E-state index in [0.717, 1.165) is 12.5 Å². The van der Waals surface area contributed by atoms with Crippen LogP contribution >= 0.6 is 0 Å². The minimum absolute atomic E-state index is 0.520. The summed E-state index contributed by atoms with van der Waals surface area (Å²) in [6.45, 7) is 11.2. The molecule has 96 valence electrons. The lowest BCUT2D eigenvalue weighted by molar-refractivity contribution is 0.0636. The summed E-state index contributed by atoms with van der Waals surface area (Å²) in [4.78, 5) is 2.57. The fraction of sp³-hybridized carbons (Fsp3) is 1.00. The molecule has 16 heavy (non-hydrogen) atoms. The molecule has 0 aliphatic carbocycles. The van der Waals surface area contributed by atoms with Gasteiger partial charge in [-0.1, -0.05) is 0 Å². The molecule has 1 heterocycles. The smallest absolute Gasteiger partial charge is 0.0615 e. The van der Waals surface area contributed by atoms with E-state index in [1.165, 1.54) is 32.5 Å². The minimum Gasteiger partial charge on any atom is -0.383 e. The Morgan fingerprint density at radius 1 is 1.38 bits per heavy atom. The lowest BCUT2D eigenvalue weighted by Gasteiger charge is -2.36. The topological polar surface area (TPSA) is 24.5 Å². The molecule has 1 aliphatic rings. The number of methoxy groups -OCH3 is 1. The molecule has 0 aromatic heterocycles. The van der Waals surface area contributed by atoms with Crippen LogP contribution in [0.3, 0.4) is 0 Å². The van der Waals surface area contributed by atoms with Gasteiger partial charge in [-0.05, 0) is 52.6 Å². The van der Waals surface area contributed by atoms with Crippen molar-refractivity contribution >= 4 is 0 Å². The maximum Gasteiger partial charge on any atom is 0.0615 e. The third-order valence-corrected chi connectivity index (χ3v) is 3.51. The summed E-state index contributed by atoms with van der Waals surface area (Å²) in [5, 5.41) is 3.49. The zero-order chi connectivity index (χ0) is 12.0. The SMILES string of the molecule is COCC(C)N(CC1CCCNC1)C(C)C. The molecule has 3 nitrogen and oxygen atoms in total. The third-order valence-electron chi connectivity index (χ3n) is 3.51. The Balaban J connectivity index is 2.42. The average Bonchev–Trinajstić information content (AvgIpc) is 2.27. The highest BCUT2D eigenvalue weighted by Crippen LogP contribution is 2.15. The van der Waals surface area contributed by atoms with Crippen molar-refractivity contribution in [1.82, 2.24) is 10.2 Å². The standard InChI is InChI=1S/C13H28N2O/c1-11(2)15(12(3)10-16-4)9-13-6-5-7-14-8-13/h11-14H,5-10H2,1-4H3. The van der Waals surface area contributed by atoms with Gasteiger partial charge in [-0.15, -0.1) is 0 Å². The Bertz CT molecular complexity index is 179. The molecular formula is C13H28N2O. The van der Waals surface area contributed by atoms with Crippen LogP contribution in [-0.4, -0.2) is 50.3 Å². The van der Waals surface area contributed by atoms with E-state index in [4.69, 9.17) is 4.74 Å². The number of piperidine rings is 1. The molecule has 1 fully saturated rings. The van der Waals surface area contributed by atoms with Crippen LogP contribution in [0.25, 0.3) is 0 Å². The van der Waals surface area contributed by atoms with Gasteiger partial charge in [0.05, 0.1) is 6.61 Å². The first-order valence-electron chi connectivity index (χ1n) is 6.60. The van der Waals surface area contributed by atoms with Crippen LogP contribution in [0.4, 0.5) is 0 Å². The molecule has 2 atom stereocenters. The summed E-state index contributed by atoms with van der Waals surface area (Å²) in [7, 11) is 1.79. The van der Waals surface area contributed by atoms with Crippen molar-refractivity contribution < 1.29 is 4.74 Å². The number of hydrogen-bond donors (Lipinski definition) is 1. The van der Waals surface area contributed by atoms with Gasteiger partial charge in [0, 0.05) is 25.7 Å². The molecular weight excluding hydrogens is 200 g/mol. The summed E-state index contributed by atoms with van der Waals surface area (Å²) in [5.74, 6) is 0.815. The Hall–Kier alpha value is -0.120. The molecule has 0 aromatic carbocycles. The normalized spacial score (nSPS) is 24.0. The van der Waals surface area contributed by atoms with E-state index < -0.39 is 0 Å². The van der Waals surface area contributed by atoms with Crippen molar-refractivity contribution in [1.29, 1.82) is 0 Å². The maximum atomic E-state index is 5.27. The molecule has 0 aromatic rings. The Morgan fingerprint density at radius 3 is 2.62 bits per heavy atom. The van der Waals surface area contributed by atoms with Crippen LogP contribution < -0.4 is 5.32 Å². The Morgan fingerprint density at radius 2 is 2.12 bits per heavy atom. The zero-order valence-corrected chi connectivity index (χ0v) is 11.3. The summed E-state index contributed by atoms with van der Waals surface area (Å²) in [6, 6.07) is 1.12. The monoisotopic (exact) mass is 228 g/mol. The minimum atomic E-state index is 0.520. The molecule has 0 saturated carbocycles. The van der Waals surface area contributed by atoms with Gasteiger partial charge in [-0.3, -0.25) is 4.90 Å². The fourth-order valence-corrected chi connectivity index (χ4v) is 2.61. The molecule has 2 unspecified atom stereocenters. The van der Waals surface area contributed by atoms with Gasteiger partial charge in [-0.2, -0.15) is 0 Å². The number of nitrogens with one attached hydrogen (secondary N) is 1. The zero-order valence-electron chi connectivity index (χ0n) is 11.3. The van der Waals surface area contributed by atoms with Crippen LogP contribution in [0.5, 0.6) is 0 Å². The van der Waals surface area contributed by atoms with Gasteiger partial charge in [0.15, 0.2) is 0 Å². The van der Waals surface area contributed by atoms with Gasteiger partial charge < -0.3 is 10.1 Å².